The standard InChI is InChI=1S/C10H14N4/c1-6-4-5-8-10(12-6)14-9(13-8)7(2)11-3/h4-5,7,11H,1-3H3,(H,12,13,14). The molecule has 2 rings (SSSR count). The van der Waals surface area contributed by atoms with Gasteiger partial charge in [0.25, 0.3) is 0 Å². The van der Waals surface area contributed by atoms with Crippen LogP contribution in [0.3, 0.4) is 0 Å². The number of nitrogens with one attached hydrogen (secondary N) is 2. The molecule has 0 aliphatic carbocycles. The maximum Gasteiger partial charge on any atom is 0.177 e. The monoisotopic (exact) mass is 190 g/mol. The van der Waals surface area contributed by atoms with Crippen molar-refractivity contribution in [2.45, 2.75) is 19.9 Å². The molecule has 14 heavy (non-hydrogen) atoms. The third-order valence-electron chi connectivity index (χ3n) is 2.35. The molecule has 74 valence electrons. The van der Waals surface area contributed by atoms with E-state index in [9.17, 15) is 0 Å². The van der Waals surface area contributed by atoms with E-state index in [0.29, 0.717) is 0 Å². The first-order valence-electron chi connectivity index (χ1n) is 4.71. The summed E-state index contributed by atoms with van der Waals surface area (Å²) in [7, 11) is 1.91. The molecule has 0 amide bonds. The Labute approximate surface area is 82.8 Å². The third-order valence-corrected chi connectivity index (χ3v) is 2.35. The van der Waals surface area contributed by atoms with Gasteiger partial charge in [0, 0.05) is 5.69 Å². The molecule has 1 unspecified atom stereocenters. The fourth-order valence-corrected chi connectivity index (χ4v) is 1.35. The van der Waals surface area contributed by atoms with Gasteiger partial charge < -0.3 is 10.3 Å². The van der Waals surface area contributed by atoms with Crippen molar-refractivity contribution in [2.75, 3.05) is 7.05 Å². The van der Waals surface area contributed by atoms with E-state index in [0.717, 1.165) is 22.7 Å². The lowest BCUT2D eigenvalue weighted by Crippen LogP contribution is -2.13. The summed E-state index contributed by atoms with van der Waals surface area (Å²) in [5, 5.41) is 3.14. The Hall–Kier alpha value is -1.42. The van der Waals surface area contributed by atoms with Crippen molar-refractivity contribution in [3.05, 3.63) is 23.7 Å². The summed E-state index contributed by atoms with van der Waals surface area (Å²) in [5.74, 6) is 0.931. The summed E-state index contributed by atoms with van der Waals surface area (Å²) in [6, 6.07) is 4.22. The van der Waals surface area contributed by atoms with Gasteiger partial charge in [-0.05, 0) is 33.0 Å². The zero-order valence-corrected chi connectivity index (χ0v) is 8.63. The Bertz CT molecular complexity index is 446. The molecule has 0 aromatic carbocycles. The average molecular weight is 190 g/mol. The van der Waals surface area contributed by atoms with Crippen molar-refractivity contribution >= 4 is 11.2 Å². The third kappa shape index (κ3) is 1.48. The predicted octanol–water partition coefficient (Wildman–Crippen LogP) is 1.55. The Morgan fingerprint density at radius 1 is 1.36 bits per heavy atom. The number of aromatic nitrogens is 3. The Balaban J connectivity index is 2.51. The second kappa shape index (κ2) is 3.38. The Morgan fingerprint density at radius 3 is 2.86 bits per heavy atom. The Morgan fingerprint density at radius 2 is 2.14 bits per heavy atom. The van der Waals surface area contributed by atoms with Crippen LogP contribution in [0, 0.1) is 6.92 Å². The molecule has 4 heteroatoms. The highest BCUT2D eigenvalue weighted by Crippen LogP contribution is 2.13. The Kier molecular flexibility index (Phi) is 2.21. The molecule has 0 aliphatic heterocycles. The second-order valence-electron chi connectivity index (χ2n) is 3.46. The van der Waals surface area contributed by atoms with Gasteiger partial charge in [0.1, 0.15) is 5.82 Å². The minimum Gasteiger partial charge on any atom is -0.339 e. The maximum atomic E-state index is 4.42. The highest BCUT2D eigenvalue weighted by atomic mass is 15.0. The summed E-state index contributed by atoms with van der Waals surface area (Å²) in [6.07, 6.45) is 0. The van der Waals surface area contributed by atoms with Gasteiger partial charge in [-0.3, -0.25) is 0 Å². The quantitative estimate of drug-likeness (QED) is 0.755. The maximum absolute atomic E-state index is 4.42. The molecule has 2 aromatic rings. The van der Waals surface area contributed by atoms with E-state index in [1.807, 2.05) is 26.1 Å². The van der Waals surface area contributed by atoms with Gasteiger partial charge in [-0.25, -0.2) is 9.97 Å². The van der Waals surface area contributed by atoms with Crippen LogP contribution in [0.25, 0.3) is 11.2 Å². The smallest absolute Gasteiger partial charge is 0.177 e. The molecule has 0 radical (unpaired) electrons. The van der Waals surface area contributed by atoms with Crippen molar-refractivity contribution in [1.82, 2.24) is 20.3 Å². The summed E-state index contributed by atoms with van der Waals surface area (Å²) >= 11 is 0. The van der Waals surface area contributed by atoms with E-state index in [2.05, 4.69) is 27.2 Å². The zero-order valence-electron chi connectivity index (χ0n) is 8.63. The normalized spacial score (nSPS) is 13.4. The van der Waals surface area contributed by atoms with Gasteiger partial charge in [-0.1, -0.05) is 0 Å². The first-order valence-corrected chi connectivity index (χ1v) is 4.71. The number of aromatic amines is 1. The fraction of sp³-hybridized carbons (Fsp3) is 0.400. The first kappa shape index (κ1) is 9.15. The average Bonchev–Trinajstić information content (AvgIpc) is 2.59. The minimum atomic E-state index is 0.226. The largest absolute Gasteiger partial charge is 0.339 e. The van der Waals surface area contributed by atoms with Crippen LogP contribution in [-0.2, 0) is 0 Å². The van der Waals surface area contributed by atoms with Crippen LogP contribution < -0.4 is 5.32 Å². The molecular formula is C10H14N4. The van der Waals surface area contributed by atoms with Crippen LogP contribution in [0.2, 0.25) is 0 Å². The van der Waals surface area contributed by atoms with Gasteiger partial charge in [0.2, 0.25) is 0 Å². The van der Waals surface area contributed by atoms with E-state index in [1.165, 1.54) is 0 Å². The van der Waals surface area contributed by atoms with E-state index >= 15 is 0 Å². The van der Waals surface area contributed by atoms with Crippen molar-refractivity contribution < 1.29 is 0 Å². The number of fused-ring (bicyclic) bond motifs is 1. The molecule has 2 heterocycles. The predicted molar refractivity (Wildman–Crippen MR) is 56.1 cm³/mol. The highest BCUT2D eigenvalue weighted by molar-refractivity contribution is 5.70. The van der Waals surface area contributed by atoms with Crippen LogP contribution in [0.5, 0.6) is 0 Å². The number of pyridine rings is 1. The lowest BCUT2D eigenvalue weighted by Gasteiger charge is -2.04. The lowest BCUT2D eigenvalue weighted by molar-refractivity contribution is 0.620. The van der Waals surface area contributed by atoms with Gasteiger partial charge in [-0.15, -0.1) is 0 Å². The molecule has 0 spiro atoms. The van der Waals surface area contributed by atoms with Gasteiger partial charge >= 0.3 is 0 Å². The molecule has 0 saturated heterocycles. The molecule has 0 bridgehead atoms. The number of nitrogens with zero attached hydrogens (tertiary/aromatic N) is 2. The number of imidazole rings is 1. The van der Waals surface area contributed by atoms with Crippen LogP contribution >= 0.6 is 0 Å². The number of H-pyrrole nitrogens is 1. The molecule has 0 fully saturated rings. The van der Waals surface area contributed by atoms with E-state index in [1.54, 1.807) is 0 Å². The van der Waals surface area contributed by atoms with Crippen molar-refractivity contribution in [1.29, 1.82) is 0 Å². The second-order valence-corrected chi connectivity index (χ2v) is 3.46. The van der Waals surface area contributed by atoms with E-state index < -0.39 is 0 Å². The summed E-state index contributed by atoms with van der Waals surface area (Å²) in [6.45, 7) is 4.03. The summed E-state index contributed by atoms with van der Waals surface area (Å²) < 4.78 is 0. The van der Waals surface area contributed by atoms with Gasteiger partial charge in [0.05, 0.1) is 11.6 Å². The van der Waals surface area contributed by atoms with E-state index in [4.69, 9.17) is 0 Å². The SMILES string of the molecule is CNC(C)c1nc2nc(C)ccc2[nH]1. The number of hydrogen-bond donors (Lipinski definition) is 2. The van der Waals surface area contributed by atoms with Crippen molar-refractivity contribution in [3.8, 4) is 0 Å². The molecule has 2 N–H and O–H groups in total. The molecule has 0 aliphatic rings. The molecular weight excluding hydrogens is 176 g/mol. The van der Waals surface area contributed by atoms with Gasteiger partial charge in [-0.2, -0.15) is 0 Å². The topological polar surface area (TPSA) is 53.6 Å². The zero-order chi connectivity index (χ0) is 10.1. The van der Waals surface area contributed by atoms with Crippen molar-refractivity contribution in [2.24, 2.45) is 0 Å². The molecule has 4 nitrogen and oxygen atoms in total. The summed E-state index contributed by atoms with van der Waals surface area (Å²) in [5.41, 5.74) is 2.78. The van der Waals surface area contributed by atoms with E-state index in [-0.39, 0.29) is 6.04 Å². The van der Waals surface area contributed by atoms with Crippen LogP contribution in [-0.4, -0.2) is 22.0 Å². The number of aryl methyl sites for hydroxylation is 1. The number of rotatable bonds is 2. The lowest BCUT2D eigenvalue weighted by atomic mass is 10.3. The van der Waals surface area contributed by atoms with Crippen LogP contribution in [0.4, 0.5) is 0 Å². The highest BCUT2D eigenvalue weighted by Gasteiger charge is 2.08. The van der Waals surface area contributed by atoms with Crippen LogP contribution in [0.15, 0.2) is 12.1 Å². The minimum absolute atomic E-state index is 0.226. The number of hydrogen-bond acceptors (Lipinski definition) is 3. The van der Waals surface area contributed by atoms with Crippen molar-refractivity contribution in [3.63, 3.8) is 0 Å². The first-order chi connectivity index (χ1) is 6.70. The molecule has 2 aromatic heterocycles. The molecule has 0 saturated carbocycles. The van der Waals surface area contributed by atoms with Gasteiger partial charge in [0.15, 0.2) is 5.65 Å². The molecule has 1 atom stereocenters. The summed E-state index contributed by atoms with van der Waals surface area (Å²) in [4.78, 5) is 12.0. The van der Waals surface area contributed by atoms with Crippen LogP contribution in [0.1, 0.15) is 24.5 Å². The fourth-order valence-electron chi connectivity index (χ4n) is 1.35.